The molecule has 40 heavy (non-hydrogen) atoms. The zero-order valence-electron chi connectivity index (χ0n) is 22.5. The summed E-state index contributed by atoms with van der Waals surface area (Å²) in [6, 6.07) is 28.2. The average molecular weight is 551 g/mol. The van der Waals surface area contributed by atoms with Crippen molar-refractivity contribution in [2.24, 2.45) is 9.98 Å². The third-order valence-corrected chi connectivity index (χ3v) is 6.37. The fourth-order valence-electron chi connectivity index (χ4n) is 3.85. The van der Waals surface area contributed by atoms with E-state index in [4.69, 9.17) is 14.5 Å². The van der Waals surface area contributed by atoms with Crippen LogP contribution in [0.25, 0.3) is 0 Å². The molecule has 204 valence electrons. The number of benzene rings is 2. The molecular formula is C33H35N4O2P. The van der Waals surface area contributed by atoms with Gasteiger partial charge < -0.3 is 9.47 Å². The summed E-state index contributed by atoms with van der Waals surface area (Å²) in [7, 11) is 2.71. The first-order valence-electron chi connectivity index (χ1n) is 13.3. The van der Waals surface area contributed by atoms with Crippen molar-refractivity contribution in [3.8, 4) is 0 Å². The first-order chi connectivity index (χ1) is 19.7. The molecule has 0 saturated heterocycles. The van der Waals surface area contributed by atoms with Crippen LogP contribution in [0.5, 0.6) is 0 Å². The van der Waals surface area contributed by atoms with E-state index in [9.17, 15) is 0 Å². The van der Waals surface area contributed by atoms with Gasteiger partial charge in [-0.3, -0.25) is 20.0 Å². The Morgan fingerprint density at radius 3 is 2.02 bits per heavy atom. The maximum absolute atomic E-state index is 6.07. The number of ether oxygens (including phenoxy) is 2. The van der Waals surface area contributed by atoms with Crippen LogP contribution in [-0.4, -0.2) is 41.4 Å². The summed E-state index contributed by atoms with van der Waals surface area (Å²) in [5.41, 5.74) is 6.10. The Morgan fingerprint density at radius 2 is 1.38 bits per heavy atom. The molecule has 0 N–H and O–H groups in total. The van der Waals surface area contributed by atoms with Gasteiger partial charge in [-0.25, -0.2) is 0 Å². The number of allylic oxidation sites excluding steroid dienone is 1. The number of aromatic nitrogens is 2. The van der Waals surface area contributed by atoms with Gasteiger partial charge in [-0.15, -0.1) is 15.8 Å². The monoisotopic (exact) mass is 550 g/mol. The molecule has 4 aromatic rings. The summed E-state index contributed by atoms with van der Waals surface area (Å²) in [5, 5.41) is 0. The van der Waals surface area contributed by atoms with E-state index in [0.29, 0.717) is 26.4 Å². The summed E-state index contributed by atoms with van der Waals surface area (Å²) >= 11 is 0. The SMILES string of the molecule is C=CCc1ccc(C=NC(P)COCc2ccc(COCC(N=Cc3ccccn3)c3ccccc3)cc2)nc1. The van der Waals surface area contributed by atoms with Crippen molar-refractivity contribution in [3.05, 3.63) is 144 Å². The number of nitrogens with zero attached hydrogens (tertiary/aromatic N) is 4. The summed E-state index contributed by atoms with van der Waals surface area (Å²) in [5.74, 6) is -0.0415. The van der Waals surface area contributed by atoms with E-state index in [1.54, 1.807) is 18.6 Å². The van der Waals surface area contributed by atoms with E-state index in [1.807, 2.05) is 60.8 Å². The van der Waals surface area contributed by atoms with Crippen molar-refractivity contribution in [1.82, 2.24) is 9.97 Å². The maximum Gasteiger partial charge on any atom is 0.0983 e. The summed E-state index contributed by atoms with van der Waals surface area (Å²) in [4.78, 5) is 18.0. The lowest BCUT2D eigenvalue weighted by molar-refractivity contribution is 0.108. The lowest BCUT2D eigenvalue weighted by Crippen LogP contribution is -2.07. The van der Waals surface area contributed by atoms with E-state index in [-0.39, 0.29) is 11.8 Å². The van der Waals surface area contributed by atoms with Crippen LogP contribution < -0.4 is 0 Å². The zero-order valence-corrected chi connectivity index (χ0v) is 23.7. The van der Waals surface area contributed by atoms with Crippen molar-refractivity contribution in [1.29, 1.82) is 0 Å². The van der Waals surface area contributed by atoms with Crippen LogP contribution in [0.2, 0.25) is 0 Å². The highest BCUT2D eigenvalue weighted by atomic mass is 31.0. The number of aliphatic imine (C=N–C) groups is 2. The van der Waals surface area contributed by atoms with Crippen LogP contribution in [0.15, 0.2) is 120 Å². The standard InChI is InChI=1S/C33H35N4O2P/c1-2-8-26-16-17-31(35-19-26)21-37-33(40)25-39-23-28-14-12-27(13-15-28)22-38-24-32(29-9-4-3-5-10-29)36-20-30-11-6-7-18-34-30/h2-7,9-21,32-33H,1,8,22-25,40H2. The molecule has 0 aliphatic carbocycles. The molecule has 4 rings (SSSR count). The van der Waals surface area contributed by atoms with Crippen LogP contribution >= 0.6 is 9.24 Å². The molecule has 0 spiro atoms. The van der Waals surface area contributed by atoms with Crippen LogP contribution in [0.3, 0.4) is 0 Å². The van der Waals surface area contributed by atoms with E-state index >= 15 is 0 Å². The zero-order chi connectivity index (χ0) is 27.8. The molecule has 0 aliphatic heterocycles. The predicted molar refractivity (Wildman–Crippen MR) is 166 cm³/mol. The molecule has 6 nitrogen and oxygen atoms in total. The molecule has 2 aromatic heterocycles. The predicted octanol–water partition coefficient (Wildman–Crippen LogP) is 6.42. The number of pyridine rings is 2. The second kappa shape index (κ2) is 16.3. The topological polar surface area (TPSA) is 69.0 Å². The highest BCUT2D eigenvalue weighted by Crippen LogP contribution is 2.19. The van der Waals surface area contributed by atoms with Gasteiger partial charge in [0.25, 0.3) is 0 Å². The van der Waals surface area contributed by atoms with Gasteiger partial charge in [-0.2, -0.15) is 0 Å². The molecular weight excluding hydrogens is 515 g/mol. The lowest BCUT2D eigenvalue weighted by Gasteiger charge is -2.14. The van der Waals surface area contributed by atoms with Crippen LogP contribution in [0, 0.1) is 0 Å². The second-order valence-corrected chi connectivity index (χ2v) is 10.0. The highest BCUT2D eigenvalue weighted by Gasteiger charge is 2.10. The Kier molecular flexibility index (Phi) is 11.9. The molecule has 0 radical (unpaired) electrons. The first kappa shape index (κ1) is 29.2. The molecule has 3 atom stereocenters. The van der Waals surface area contributed by atoms with Gasteiger partial charge in [0.1, 0.15) is 0 Å². The average Bonchev–Trinajstić information content (AvgIpc) is 3.00. The first-order valence-corrected chi connectivity index (χ1v) is 13.9. The summed E-state index contributed by atoms with van der Waals surface area (Å²) in [6.07, 6.45) is 9.88. The molecule has 3 unspecified atom stereocenters. The Bertz CT molecular complexity index is 1350. The molecule has 0 fully saturated rings. The molecule has 2 aromatic carbocycles. The molecule has 0 amide bonds. The van der Waals surface area contributed by atoms with Crippen molar-refractivity contribution in [2.45, 2.75) is 31.5 Å². The quantitative estimate of drug-likeness (QED) is 0.0973. The third kappa shape index (κ3) is 10.0. The van der Waals surface area contributed by atoms with Gasteiger partial charge in [0, 0.05) is 24.8 Å². The lowest BCUT2D eigenvalue weighted by atomic mass is 10.1. The van der Waals surface area contributed by atoms with Crippen LogP contribution in [-0.2, 0) is 29.1 Å². The summed E-state index contributed by atoms with van der Waals surface area (Å²) < 4.78 is 11.9. The maximum atomic E-state index is 6.07. The largest absolute Gasteiger partial charge is 0.374 e. The molecule has 7 heteroatoms. The van der Waals surface area contributed by atoms with E-state index in [0.717, 1.165) is 40.1 Å². The Balaban J connectivity index is 1.20. The van der Waals surface area contributed by atoms with Crippen LogP contribution in [0.4, 0.5) is 0 Å². The number of hydrogen-bond donors (Lipinski definition) is 0. The van der Waals surface area contributed by atoms with Crippen molar-refractivity contribution >= 4 is 21.7 Å². The van der Waals surface area contributed by atoms with Crippen molar-refractivity contribution in [3.63, 3.8) is 0 Å². The minimum atomic E-state index is -0.106. The van der Waals surface area contributed by atoms with Gasteiger partial charge in [-0.05, 0) is 46.9 Å². The number of hydrogen-bond acceptors (Lipinski definition) is 6. The van der Waals surface area contributed by atoms with Gasteiger partial charge in [0.15, 0.2) is 0 Å². The van der Waals surface area contributed by atoms with Crippen LogP contribution in [0.1, 0.15) is 39.7 Å². The van der Waals surface area contributed by atoms with Crippen molar-refractivity contribution in [2.75, 3.05) is 13.2 Å². The minimum Gasteiger partial charge on any atom is -0.374 e. The Morgan fingerprint density at radius 1 is 0.725 bits per heavy atom. The normalized spacial score (nSPS) is 13.0. The van der Waals surface area contributed by atoms with E-state index in [2.05, 4.69) is 67.2 Å². The second-order valence-electron chi connectivity index (χ2n) is 9.24. The van der Waals surface area contributed by atoms with Crippen molar-refractivity contribution < 1.29 is 9.47 Å². The smallest absolute Gasteiger partial charge is 0.0983 e. The fraction of sp³-hybridized carbons (Fsp3) is 0.212. The third-order valence-electron chi connectivity index (χ3n) is 6.01. The Hall–Kier alpha value is -3.83. The molecule has 0 saturated carbocycles. The van der Waals surface area contributed by atoms with Gasteiger partial charge in [0.05, 0.1) is 49.6 Å². The van der Waals surface area contributed by atoms with Gasteiger partial charge in [0.2, 0.25) is 0 Å². The van der Waals surface area contributed by atoms with E-state index < -0.39 is 0 Å². The van der Waals surface area contributed by atoms with Gasteiger partial charge in [-0.1, -0.05) is 72.8 Å². The molecule has 0 bridgehead atoms. The Labute approximate surface area is 239 Å². The fourth-order valence-corrected chi connectivity index (χ4v) is 4.07. The summed E-state index contributed by atoms with van der Waals surface area (Å²) in [6.45, 7) is 5.76. The number of rotatable bonds is 15. The van der Waals surface area contributed by atoms with Gasteiger partial charge >= 0.3 is 0 Å². The minimum absolute atomic E-state index is 0.0415. The van der Waals surface area contributed by atoms with E-state index in [1.165, 1.54) is 0 Å². The molecule has 2 heterocycles. The molecule has 0 aliphatic rings. The highest BCUT2D eigenvalue weighted by molar-refractivity contribution is 7.17.